The second-order valence-corrected chi connectivity index (χ2v) is 9.16. The number of carbonyl (C=O) groups is 3. The van der Waals surface area contributed by atoms with Gasteiger partial charge in [0.1, 0.15) is 12.3 Å². The third kappa shape index (κ3) is 5.66. The molecule has 2 aromatic carbocycles. The predicted octanol–water partition coefficient (Wildman–Crippen LogP) is 5.23. The molecule has 3 aromatic rings. The minimum absolute atomic E-state index is 0.309. The molecule has 7 nitrogen and oxygen atoms in total. The number of benzene rings is 2. The van der Waals surface area contributed by atoms with Gasteiger partial charge in [0.25, 0.3) is 11.1 Å². The van der Waals surface area contributed by atoms with E-state index >= 15 is 0 Å². The van der Waals surface area contributed by atoms with Crippen LogP contribution >= 0.6 is 11.8 Å². The monoisotopic (exact) mass is 489 g/mol. The molecule has 8 heteroatoms. The molecule has 1 aromatic heterocycles. The molecule has 0 radical (unpaired) electrons. The Kier molecular flexibility index (Phi) is 7.41. The molecular weight excluding hydrogens is 462 g/mol. The number of nitrogens with zero attached hydrogens (tertiary/aromatic N) is 2. The van der Waals surface area contributed by atoms with E-state index in [1.165, 1.54) is 5.56 Å². The van der Waals surface area contributed by atoms with Crippen molar-refractivity contribution in [3.05, 3.63) is 88.1 Å². The largest absolute Gasteiger partial charge is 0.494 e. The normalized spacial score (nSPS) is 14.6. The predicted molar refractivity (Wildman–Crippen MR) is 138 cm³/mol. The first-order valence-electron chi connectivity index (χ1n) is 11.3. The summed E-state index contributed by atoms with van der Waals surface area (Å²) in [6.45, 7) is 6.83. The van der Waals surface area contributed by atoms with Gasteiger partial charge in [-0.15, -0.1) is 0 Å². The number of ether oxygens (including phenoxy) is 1. The molecule has 0 saturated carbocycles. The number of rotatable bonds is 8. The van der Waals surface area contributed by atoms with E-state index in [9.17, 15) is 14.4 Å². The number of aromatic nitrogens is 1. The van der Waals surface area contributed by atoms with Crippen LogP contribution in [0.3, 0.4) is 0 Å². The van der Waals surface area contributed by atoms with E-state index in [1.54, 1.807) is 30.3 Å². The quantitative estimate of drug-likeness (QED) is 0.439. The summed E-state index contributed by atoms with van der Waals surface area (Å²) < 4.78 is 7.56. The summed E-state index contributed by atoms with van der Waals surface area (Å²) in [7, 11) is 0. The van der Waals surface area contributed by atoms with Crippen molar-refractivity contribution in [1.82, 2.24) is 9.47 Å². The number of carbonyl (C=O) groups excluding carboxylic acids is 3. The Labute approximate surface area is 208 Å². The van der Waals surface area contributed by atoms with Crippen LogP contribution in [-0.4, -0.2) is 39.7 Å². The van der Waals surface area contributed by atoms with Crippen LogP contribution in [0.5, 0.6) is 5.75 Å². The van der Waals surface area contributed by atoms with Crippen LogP contribution in [0.4, 0.5) is 10.5 Å². The number of nitrogens with one attached hydrogen (secondary N) is 1. The molecule has 0 bridgehead atoms. The second-order valence-electron chi connectivity index (χ2n) is 8.17. The lowest BCUT2D eigenvalue weighted by Crippen LogP contribution is -2.36. The summed E-state index contributed by atoms with van der Waals surface area (Å²) in [5.41, 5.74) is 4.69. The topological polar surface area (TPSA) is 80.6 Å². The number of amides is 3. The summed E-state index contributed by atoms with van der Waals surface area (Å²) in [6, 6.07) is 19.1. The first-order valence-corrected chi connectivity index (χ1v) is 12.2. The fraction of sp³-hybridized carbons (Fsp3) is 0.222. The van der Waals surface area contributed by atoms with Crippen molar-refractivity contribution in [3.63, 3.8) is 0 Å². The van der Waals surface area contributed by atoms with Gasteiger partial charge in [-0.25, -0.2) is 0 Å². The van der Waals surface area contributed by atoms with E-state index in [2.05, 4.69) is 22.0 Å². The fourth-order valence-electron chi connectivity index (χ4n) is 3.91. The molecule has 0 unspecified atom stereocenters. The third-order valence-electron chi connectivity index (χ3n) is 5.71. The average Bonchev–Trinajstić information content (AvgIpc) is 3.25. The Morgan fingerprint density at radius 1 is 1.06 bits per heavy atom. The van der Waals surface area contributed by atoms with Gasteiger partial charge in [0, 0.05) is 23.6 Å². The Morgan fingerprint density at radius 3 is 2.46 bits per heavy atom. The van der Waals surface area contributed by atoms with Crippen molar-refractivity contribution in [1.29, 1.82) is 0 Å². The van der Waals surface area contributed by atoms with E-state index < -0.39 is 17.1 Å². The molecule has 0 spiro atoms. The van der Waals surface area contributed by atoms with Crippen molar-refractivity contribution >= 4 is 40.6 Å². The molecule has 1 aliphatic rings. The number of hydrogen-bond donors (Lipinski definition) is 1. The second kappa shape index (κ2) is 10.7. The van der Waals surface area contributed by atoms with Crippen molar-refractivity contribution in [2.45, 2.75) is 27.3 Å². The van der Waals surface area contributed by atoms with Gasteiger partial charge in [0.15, 0.2) is 0 Å². The Morgan fingerprint density at radius 2 is 1.77 bits per heavy atom. The van der Waals surface area contributed by atoms with Crippen molar-refractivity contribution in [2.75, 3.05) is 18.5 Å². The van der Waals surface area contributed by atoms with Crippen molar-refractivity contribution in [2.24, 2.45) is 0 Å². The van der Waals surface area contributed by atoms with Gasteiger partial charge < -0.3 is 14.6 Å². The van der Waals surface area contributed by atoms with Crippen LogP contribution in [0.25, 0.3) is 6.08 Å². The molecule has 1 N–H and O–H groups in total. The molecular formula is C27H27N3O4S. The summed E-state index contributed by atoms with van der Waals surface area (Å²) >= 11 is 0.853. The maximum atomic E-state index is 12.9. The van der Waals surface area contributed by atoms with Gasteiger partial charge in [-0.3, -0.25) is 19.3 Å². The number of aryl methyl sites for hydroxylation is 1. The number of hydrogen-bond acceptors (Lipinski definition) is 5. The Hall–Kier alpha value is -3.78. The first-order chi connectivity index (χ1) is 16.9. The van der Waals surface area contributed by atoms with Crippen molar-refractivity contribution in [3.8, 4) is 5.75 Å². The van der Waals surface area contributed by atoms with Crippen LogP contribution in [0.1, 0.15) is 29.4 Å². The highest BCUT2D eigenvalue weighted by Gasteiger charge is 2.36. The van der Waals surface area contributed by atoms with Crippen LogP contribution in [-0.2, 0) is 16.1 Å². The van der Waals surface area contributed by atoms with Crippen LogP contribution in [0.2, 0.25) is 0 Å². The van der Waals surface area contributed by atoms with Gasteiger partial charge in [-0.1, -0.05) is 30.3 Å². The highest BCUT2D eigenvalue weighted by Crippen LogP contribution is 2.33. The minimum Gasteiger partial charge on any atom is -0.494 e. The highest BCUT2D eigenvalue weighted by atomic mass is 32.2. The van der Waals surface area contributed by atoms with E-state index in [1.807, 2.05) is 45.0 Å². The lowest BCUT2D eigenvalue weighted by Gasteiger charge is -2.12. The van der Waals surface area contributed by atoms with Crippen LogP contribution in [0, 0.1) is 13.8 Å². The van der Waals surface area contributed by atoms with Gasteiger partial charge in [-0.2, -0.15) is 0 Å². The van der Waals surface area contributed by atoms with Gasteiger partial charge >= 0.3 is 0 Å². The highest BCUT2D eigenvalue weighted by molar-refractivity contribution is 8.18. The summed E-state index contributed by atoms with van der Waals surface area (Å²) in [5.74, 6) is -0.210. The lowest BCUT2D eigenvalue weighted by molar-refractivity contribution is -0.127. The summed E-state index contributed by atoms with van der Waals surface area (Å²) in [5, 5.41) is 2.26. The molecule has 2 heterocycles. The SMILES string of the molecule is CCOc1ccc(NC(=O)CN2C(=O)S/C(=C/c3cc(C)n(Cc4ccccc4)c3C)C2=O)cc1. The Balaban J connectivity index is 1.44. The zero-order valence-corrected chi connectivity index (χ0v) is 20.7. The van der Waals surface area contributed by atoms with E-state index in [4.69, 9.17) is 4.74 Å². The number of imide groups is 1. The molecule has 0 atom stereocenters. The molecule has 3 amide bonds. The van der Waals surface area contributed by atoms with Crippen molar-refractivity contribution < 1.29 is 19.1 Å². The molecule has 1 aliphatic heterocycles. The zero-order chi connectivity index (χ0) is 24.9. The van der Waals surface area contributed by atoms with E-state index in [0.717, 1.165) is 40.2 Å². The standard InChI is InChI=1S/C27H27N3O4S/c1-4-34-23-12-10-22(11-13-23)28-25(31)17-30-26(32)24(35-27(30)33)15-21-14-18(2)29(19(21)3)16-20-8-6-5-7-9-20/h5-15H,4,16-17H2,1-3H3,(H,28,31)/b24-15+. The van der Waals surface area contributed by atoms with Gasteiger partial charge in [0.05, 0.1) is 11.5 Å². The molecule has 4 rings (SSSR count). The maximum Gasteiger partial charge on any atom is 0.294 e. The number of thioether (sulfide) groups is 1. The average molecular weight is 490 g/mol. The minimum atomic E-state index is -0.463. The molecule has 180 valence electrons. The van der Waals surface area contributed by atoms with Gasteiger partial charge in [0.2, 0.25) is 5.91 Å². The zero-order valence-electron chi connectivity index (χ0n) is 19.9. The van der Waals surface area contributed by atoms with E-state index in [-0.39, 0.29) is 6.54 Å². The molecule has 1 saturated heterocycles. The number of anilines is 1. The van der Waals surface area contributed by atoms with Crippen LogP contribution in [0.15, 0.2) is 65.6 Å². The Bertz CT molecular complexity index is 1280. The fourth-order valence-corrected chi connectivity index (χ4v) is 4.74. The maximum absolute atomic E-state index is 12.9. The van der Waals surface area contributed by atoms with Crippen LogP contribution < -0.4 is 10.1 Å². The first kappa shape index (κ1) is 24.3. The molecule has 35 heavy (non-hydrogen) atoms. The summed E-state index contributed by atoms with van der Waals surface area (Å²) in [6.07, 6.45) is 1.74. The summed E-state index contributed by atoms with van der Waals surface area (Å²) in [4.78, 5) is 39.2. The van der Waals surface area contributed by atoms with E-state index in [0.29, 0.717) is 22.9 Å². The molecule has 1 fully saturated rings. The smallest absolute Gasteiger partial charge is 0.294 e. The van der Waals surface area contributed by atoms with Gasteiger partial charge in [-0.05, 0) is 80.1 Å². The molecule has 0 aliphatic carbocycles. The lowest BCUT2D eigenvalue weighted by atomic mass is 10.2. The third-order valence-corrected chi connectivity index (χ3v) is 6.61.